The van der Waals surface area contributed by atoms with E-state index in [1.54, 1.807) is 60.7 Å². The van der Waals surface area contributed by atoms with Crippen molar-refractivity contribution in [3.05, 3.63) is 143 Å². The zero-order valence-corrected chi connectivity index (χ0v) is 23.6. The molecule has 6 N–H and O–H groups in total. The van der Waals surface area contributed by atoms with Gasteiger partial charge in [-0.15, -0.1) is 0 Å². The molecule has 0 spiro atoms. The number of benzene rings is 4. The van der Waals surface area contributed by atoms with Crippen LogP contribution in [-0.4, -0.2) is 54.1 Å². The largest absolute Gasteiger partial charge is 0.508 e. The summed E-state index contributed by atoms with van der Waals surface area (Å²) in [6, 6.07) is 22.5. The van der Waals surface area contributed by atoms with Gasteiger partial charge in [0.2, 0.25) is 0 Å². The van der Waals surface area contributed by atoms with Gasteiger partial charge >= 0.3 is 11.9 Å². The van der Waals surface area contributed by atoms with Gasteiger partial charge in [-0.1, -0.05) is 60.7 Å². The molecule has 4 rings (SSSR count). The lowest BCUT2D eigenvalue weighted by molar-refractivity contribution is -0.132. The first-order valence-corrected chi connectivity index (χ1v) is 13.5. The van der Waals surface area contributed by atoms with E-state index in [-0.39, 0.29) is 18.6 Å². The summed E-state index contributed by atoms with van der Waals surface area (Å²) in [5, 5.41) is 59.0. The van der Waals surface area contributed by atoms with Crippen LogP contribution in [0.4, 0.5) is 0 Å². The average Bonchev–Trinajstić information content (AvgIpc) is 3.00. The standard InChI is InChI=1S/C35H28O10/c36-27-11-9-25(10-12-27)35(26-19-30(39)34(45)31(40)20-26,23-5-1-21(2-6-23)17-28(37)13-15-32(41)42)24-7-3-22(4-8-24)18-29(38)14-16-33(43)44/h1-16,19-20,36,39-40,45H,17-18H2,(H,41,42)(H,43,44)/b15-13+,16-14+. The SMILES string of the molecule is O=C(O)/C=C/C(=O)Cc1ccc(C(c2ccc(O)cc2)(c2ccc(CC(=O)/C=C/C(=O)O)cc2)c2cc(O)c(O)c(O)c2)cc1. The molecule has 45 heavy (non-hydrogen) atoms. The summed E-state index contributed by atoms with van der Waals surface area (Å²) in [5.41, 5.74) is 1.92. The Morgan fingerprint density at radius 3 is 1.22 bits per heavy atom. The van der Waals surface area contributed by atoms with Gasteiger partial charge in [0.15, 0.2) is 28.8 Å². The second kappa shape index (κ2) is 13.4. The van der Waals surface area contributed by atoms with E-state index in [1.807, 2.05) is 0 Å². The lowest BCUT2D eigenvalue weighted by atomic mass is 9.64. The topological polar surface area (TPSA) is 190 Å². The van der Waals surface area contributed by atoms with Crippen LogP contribution < -0.4 is 0 Å². The maximum absolute atomic E-state index is 12.3. The van der Waals surface area contributed by atoms with Crippen molar-refractivity contribution in [3.63, 3.8) is 0 Å². The van der Waals surface area contributed by atoms with E-state index in [0.717, 1.165) is 24.3 Å². The Bertz CT molecular complexity index is 1690. The van der Waals surface area contributed by atoms with Crippen LogP contribution in [0.3, 0.4) is 0 Å². The summed E-state index contributed by atoms with van der Waals surface area (Å²) in [6.07, 6.45) is 3.32. The molecule has 0 amide bonds. The minimum absolute atomic E-state index is 0.0180. The molecule has 4 aromatic carbocycles. The molecular weight excluding hydrogens is 580 g/mol. The number of allylic oxidation sites excluding steroid dienone is 2. The van der Waals surface area contributed by atoms with E-state index in [2.05, 4.69) is 0 Å². The zero-order valence-electron chi connectivity index (χ0n) is 23.6. The third-order valence-electron chi connectivity index (χ3n) is 7.16. The van der Waals surface area contributed by atoms with Crippen LogP contribution in [0.25, 0.3) is 0 Å². The maximum atomic E-state index is 12.3. The molecule has 10 nitrogen and oxygen atoms in total. The van der Waals surface area contributed by atoms with Gasteiger partial charge in [-0.25, -0.2) is 9.59 Å². The van der Waals surface area contributed by atoms with E-state index < -0.39 is 46.2 Å². The molecule has 0 atom stereocenters. The van der Waals surface area contributed by atoms with Crippen LogP contribution in [-0.2, 0) is 37.4 Å². The van der Waals surface area contributed by atoms with Crippen LogP contribution in [0.15, 0.2) is 109 Å². The van der Waals surface area contributed by atoms with Crippen LogP contribution in [0, 0.1) is 0 Å². The highest BCUT2D eigenvalue weighted by atomic mass is 16.4. The zero-order chi connectivity index (χ0) is 32.7. The summed E-state index contributed by atoms with van der Waals surface area (Å²) in [4.78, 5) is 46.1. The summed E-state index contributed by atoms with van der Waals surface area (Å²) in [5.74, 6) is -5.25. The summed E-state index contributed by atoms with van der Waals surface area (Å²) in [7, 11) is 0. The summed E-state index contributed by atoms with van der Waals surface area (Å²) < 4.78 is 0. The minimum Gasteiger partial charge on any atom is -0.508 e. The normalized spacial score (nSPS) is 11.6. The Balaban J connectivity index is 1.92. The fourth-order valence-corrected chi connectivity index (χ4v) is 5.13. The highest BCUT2D eigenvalue weighted by Gasteiger charge is 2.39. The monoisotopic (exact) mass is 608 g/mol. The third-order valence-corrected chi connectivity index (χ3v) is 7.16. The molecule has 10 heteroatoms. The number of carbonyl (C=O) groups excluding carboxylic acids is 2. The smallest absolute Gasteiger partial charge is 0.328 e. The molecule has 0 unspecified atom stereocenters. The number of aromatic hydroxyl groups is 4. The lowest BCUT2D eigenvalue weighted by Gasteiger charge is -2.37. The Kier molecular flexibility index (Phi) is 9.48. The summed E-state index contributed by atoms with van der Waals surface area (Å²) >= 11 is 0. The molecule has 4 aromatic rings. The van der Waals surface area contributed by atoms with E-state index in [0.29, 0.717) is 33.4 Å². The van der Waals surface area contributed by atoms with Gasteiger partial charge in [-0.3, -0.25) is 9.59 Å². The fraction of sp³-hybridized carbons (Fsp3) is 0.0857. The second-order valence-electron chi connectivity index (χ2n) is 10.2. The van der Waals surface area contributed by atoms with Crippen molar-refractivity contribution in [2.75, 3.05) is 0 Å². The molecule has 0 aliphatic rings. The maximum Gasteiger partial charge on any atom is 0.328 e. The van der Waals surface area contributed by atoms with Gasteiger partial charge in [0.1, 0.15) is 5.75 Å². The Morgan fingerprint density at radius 2 is 0.867 bits per heavy atom. The van der Waals surface area contributed by atoms with E-state index >= 15 is 0 Å². The van der Waals surface area contributed by atoms with Crippen molar-refractivity contribution >= 4 is 23.5 Å². The molecule has 0 fully saturated rings. The Labute approximate surface area is 257 Å². The van der Waals surface area contributed by atoms with Crippen molar-refractivity contribution < 1.29 is 49.8 Å². The van der Waals surface area contributed by atoms with E-state index in [4.69, 9.17) is 10.2 Å². The molecule has 0 aliphatic carbocycles. The molecule has 0 aromatic heterocycles. The highest BCUT2D eigenvalue weighted by molar-refractivity contribution is 5.97. The van der Waals surface area contributed by atoms with Gasteiger partial charge in [-0.2, -0.15) is 0 Å². The molecule has 0 aliphatic heterocycles. The molecule has 0 saturated carbocycles. The number of phenols is 4. The van der Waals surface area contributed by atoms with E-state index in [9.17, 15) is 39.6 Å². The predicted octanol–water partition coefficient (Wildman–Crippen LogP) is 4.40. The molecule has 0 saturated heterocycles. The average molecular weight is 609 g/mol. The molecule has 0 radical (unpaired) electrons. The van der Waals surface area contributed by atoms with Crippen molar-refractivity contribution in [2.24, 2.45) is 0 Å². The number of carbonyl (C=O) groups is 4. The number of hydrogen-bond donors (Lipinski definition) is 6. The molecule has 0 heterocycles. The first-order valence-electron chi connectivity index (χ1n) is 13.5. The quantitative estimate of drug-likeness (QED) is 0.0764. The number of phenolic OH excluding ortho intramolecular Hbond substituents is 4. The van der Waals surface area contributed by atoms with Crippen molar-refractivity contribution in [2.45, 2.75) is 18.3 Å². The minimum atomic E-state index is -1.31. The molecule has 228 valence electrons. The van der Waals surface area contributed by atoms with Crippen LogP contribution in [0.1, 0.15) is 33.4 Å². The van der Waals surface area contributed by atoms with Gasteiger partial charge in [-0.05, 0) is 69.8 Å². The van der Waals surface area contributed by atoms with Crippen LogP contribution in [0.5, 0.6) is 23.0 Å². The molecule has 0 bridgehead atoms. The van der Waals surface area contributed by atoms with Crippen LogP contribution in [0.2, 0.25) is 0 Å². The second-order valence-corrected chi connectivity index (χ2v) is 10.2. The van der Waals surface area contributed by atoms with Crippen molar-refractivity contribution in [1.29, 1.82) is 0 Å². The van der Waals surface area contributed by atoms with Crippen LogP contribution >= 0.6 is 0 Å². The number of aliphatic carboxylic acids is 2. The number of ketones is 2. The predicted molar refractivity (Wildman–Crippen MR) is 162 cm³/mol. The number of carboxylic acid groups (broad SMARTS) is 2. The van der Waals surface area contributed by atoms with Crippen molar-refractivity contribution in [3.8, 4) is 23.0 Å². The number of carboxylic acids is 2. The first kappa shape index (κ1) is 31.8. The molecular formula is C35H28O10. The van der Waals surface area contributed by atoms with Gasteiger partial charge in [0.25, 0.3) is 0 Å². The Morgan fingerprint density at radius 1 is 0.511 bits per heavy atom. The van der Waals surface area contributed by atoms with E-state index in [1.165, 1.54) is 24.3 Å². The van der Waals surface area contributed by atoms with Crippen molar-refractivity contribution in [1.82, 2.24) is 0 Å². The summed E-state index contributed by atoms with van der Waals surface area (Å²) in [6.45, 7) is 0. The fourth-order valence-electron chi connectivity index (χ4n) is 5.13. The lowest BCUT2D eigenvalue weighted by Crippen LogP contribution is -2.31. The van der Waals surface area contributed by atoms with Gasteiger partial charge < -0.3 is 30.6 Å². The third kappa shape index (κ3) is 7.26. The highest BCUT2D eigenvalue weighted by Crippen LogP contribution is 2.49. The van der Waals surface area contributed by atoms with Gasteiger partial charge in [0.05, 0.1) is 5.41 Å². The number of rotatable bonds is 12. The number of hydrogen-bond acceptors (Lipinski definition) is 8. The first-order chi connectivity index (χ1) is 21.4. The Hall–Kier alpha value is -6.16. The van der Waals surface area contributed by atoms with Gasteiger partial charge in [0, 0.05) is 25.0 Å².